The Kier molecular flexibility index (Phi) is 2.73. The lowest BCUT2D eigenvalue weighted by Gasteiger charge is -2.00. The predicted octanol–water partition coefficient (Wildman–Crippen LogP) is 1.28. The van der Waals surface area contributed by atoms with Gasteiger partial charge in [0.2, 0.25) is 0 Å². The van der Waals surface area contributed by atoms with Crippen molar-refractivity contribution in [1.29, 1.82) is 0 Å². The molecular weight excluding hydrogens is 167 g/mol. The molecule has 0 radical (unpaired) electrons. The average Bonchev–Trinajstić information content (AvgIpc) is 1.88. The first-order valence-electron chi connectivity index (χ1n) is 2.22. The van der Waals surface area contributed by atoms with E-state index in [1.54, 1.807) is 5.18 Å². The molecule has 0 atom stereocenters. The second-order valence-electron chi connectivity index (χ2n) is 1.43. The number of nitroso groups, excluding NO2 is 1. The van der Waals surface area contributed by atoms with Gasteiger partial charge in [0.15, 0.2) is 5.70 Å². The number of carbonyl (C=O) groups excluding carboxylic acids is 1. The molecule has 0 fully saturated rings. The topological polar surface area (TPSA) is 66.7 Å². The molecule has 0 saturated carbocycles. The highest BCUT2D eigenvalue weighted by molar-refractivity contribution is 5.98. The summed E-state index contributed by atoms with van der Waals surface area (Å²) in [7, 11) is 0. The summed E-state index contributed by atoms with van der Waals surface area (Å²) in [5, 5.41) is 9.55. The van der Waals surface area contributed by atoms with Crippen LogP contribution in [0, 0.1) is 4.91 Å². The van der Waals surface area contributed by atoms with Crippen molar-refractivity contribution in [2.45, 2.75) is 6.18 Å². The highest BCUT2D eigenvalue weighted by atomic mass is 19.4. The van der Waals surface area contributed by atoms with E-state index in [1.807, 2.05) is 0 Å². The minimum atomic E-state index is -5.18. The molecule has 0 spiro atoms. The fourth-order valence-corrected chi connectivity index (χ4v) is 0.269. The van der Waals surface area contributed by atoms with Crippen molar-refractivity contribution in [2.75, 3.05) is 0 Å². The van der Waals surface area contributed by atoms with Crippen molar-refractivity contribution in [3.05, 3.63) is 16.9 Å². The predicted molar refractivity (Wildman–Crippen MR) is 27.6 cm³/mol. The zero-order chi connectivity index (χ0) is 9.07. The van der Waals surface area contributed by atoms with Crippen LogP contribution in [0.1, 0.15) is 0 Å². The molecule has 0 aromatic carbocycles. The highest BCUT2D eigenvalue weighted by Gasteiger charge is 2.41. The van der Waals surface area contributed by atoms with Crippen LogP contribution in [0.25, 0.3) is 0 Å². The quantitative estimate of drug-likeness (QED) is 0.384. The monoisotopic (exact) mass is 169 g/mol. The van der Waals surface area contributed by atoms with Gasteiger partial charge in [0.05, 0.1) is 0 Å². The summed E-state index contributed by atoms with van der Waals surface area (Å²) >= 11 is 0. The van der Waals surface area contributed by atoms with Gasteiger partial charge in [-0.2, -0.15) is 13.2 Å². The van der Waals surface area contributed by atoms with Crippen LogP contribution in [0.3, 0.4) is 0 Å². The van der Waals surface area contributed by atoms with Gasteiger partial charge in [-0.3, -0.25) is 4.79 Å². The van der Waals surface area contributed by atoms with Gasteiger partial charge >= 0.3 is 6.18 Å². The van der Waals surface area contributed by atoms with E-state index in [4.69, 9.17) is 5.11 Å². The molecule has 0 aliphatic carbocycles. The fourth-order valence-electron chi connectivity index (χ4n) is 0.269. The van der Waals surface area contributed by atoms with E-state index in [0.717, 1.165) is 0 Å². The van der Waals surface area contributed by atoms with E-state index in [1.165, 1.54) is 0 Å². The maximum Gasteiger partial charge on any atom is 0.456 e. The van der Waals surface area contributed by atoms with Crippen molar-refractivity contribution in [3.8, 4) is 0 Å². The van der Waals surface area contributed by atoms with Crippen molar-refractivity contribution < 1.29 is 23.1 Å². The number of hydrogen-bond acceptors (Lipinski definition) is 4. The van der Waals surface area contributed by atoms with Crippen LogP contribution in [0.2, 0.25) is 0 Å². The zero-order valence-electron chi connectivity index (χ0n) is 4.92. The minimum absolute atomic E-state index is 0.289. The second kappa shape index (κ2) is 3.13. The third-order valence-electron chi connectivity index (χ3n) is 0.711. The van der Waals surface area contributed by atoms with Crippen LogP contribution < -0.4 is 0 Å². The molecule has 0 bridgehead atoms. The number of carbonyl (C=O) groups is 1. The number of nitrogens with zero attached hydrogens (tertiary/aromatic N) is 1. The largest absolute Gasteiger partial charge is 0.513 e. The number of Topliss-reactive ketones (excluding diaryl/α,β-unsaturated/α-hetero) is 1. The first-order valence-corrected chi connectivity index (χ1v) is 2.22. The van der Waals surface area contributed by atoms with Gasteiger partial charge in [-0.15, -0.1) is 4.91 Å². The third-order valence-corrected chi connectivity index (χ3v) is 0.711. The van der Waals surface area contributed by atoms with E-state index in [9.17, 15) is 22.9 Å². The molecule has 0 aromatic rings. The summed E-state index contributed by atoms with van der Waals surface area (Å²) in [6.45, 7) is 0. The summed E-state index contributed by atoms with van der Waals surface area (Å²) in [6.07, 6.45) is -5.47. The van der Waals surface area contributed by atoms with Crippen LogP contribution in [0.15, 0.2) is 17.1 Å². The molecule has 0 unspecified atom stereocenters. The molecule has 0 aliphatic heterocycles. The van der Waals surface area contributed by atoms with Crippen LogP contribution in [0.4, 0.5) is 13.2 Å². The van der Waals surface area contributed by atoms with Crippen molar-refractivity contribution in [1.82, 2.24) is 0 Å². The number of allylic oxidation sites excluding steroid dienone is 1. The van der Waals surface area contributed by atoms with E-state index in [0.29, 0.717) is 0 Å². The van der Waals surface area contributed by atoms with Gasteiger partial charge in [-0.25, -0.2) is 0 Å². The Morgan fingerprint density at radius 3 is 2.00 bits per heavy atom. The molecule has 0 heterocycles. The van der Waals surface area contributed by atoms with Gasteiger partial charge in [0.25, 0.3) is 5.78 Å². The Morgan fingerprint density at radius 1 is 1.45 bits per heavy atom. The first kappa shape index (κ1) is 9.60. The van der Waals surface area contributed by atoms with Crippen LogP contribution in [-0.4, -0.2) is 17.1 Å². The fraction of sp³-hybridized carbons (Fsp3) is 0.250. The third kappa shape index (κ3) is 2.36. The lowest BCUT2D eigenvalue weighted by Crippen LogP contribution is -2.23. The number of alkyl halides is 3. The normalized spacial score (nSPS) is 12.8. The summed E-state index contributed by atoms with van der Waals surface area (Å²) in [5.74, 6) is -2.46. The average molecular weight is 169 g/mol. The van der Waals surface area contributed by atoms with Crippen molar-refractivity contribution >= 4 is 5.78 Å². The molecule has 11 heavy (non-hydrogen) atoms. The summed E-state index contributed by atoms with van der Waals surface area (Å²) in [5.41, 5.74) is -1.56. The molecule has 7 heteroatoms. The Labute approximate surface area is 58.3 Å². The maximum absolute atomic E-state index is 11.4. The summed E-state index contributed by atoms with van der Waals surface area (Å²) < 4.78 is 34.1. The number of ketones is 1. The zero-order valence-corrected chi connectivity index (χ0v) is 4.92. The number of aliphatic hydroxyl groups excluding tert-OH is 1. The molecular formula is C4H2F3NO3. The lowest BCUT2D eigenvalue weighted by molar-refractivity contribution is -0.166. The standard InChI is InChI=1S/C4H2F3NO3/c5-4(6,7)3(10)2(1-9)8-11/h1,9H/b2-1-. The van der Waals surface area contributed by atoms with E-state index in [2.05, 4.69) is 0 Å². The van der Waals surface area contributed by atoms with E-state index >= 15 is 0 Å². The molecule has 1 N–H and O–H groups in total. The van der Waals surface area contributed by atoms with E-state index < -0.39 is 17.7 Å². The van der Waals surface area contributed by atoms with Crippen LogP contribution in [-0.2, 0) is 4.79 Å². The number of halogens is 3. The summed E-state index contributed by atoms with van der Waals surface area (Å²) in [6, 6.07) is 0. The maximum atomic E-state index is 11.4. The number of aliphatic hydroxyl groups is 1. The first-order chi connectivity index (χ1) is 4.93. The van der Waals surface area contributed by atoms with Gasteiger partial charge in [0.1, 0.15) is 6.26 Å². The number of rotatable bonds is 2. The molecule has 4 nitrogen and oxygen atoms in total. The molecule has 62 valence electrons. The Morgan fingerprint density at radius 2 is 1.91 bits per heavy atom. The van der Waals surface area contributed by atoms with Gasteiger partial charge in [0, 0.05) is 0 Å². The Hall–Kier alpha value is -1.40. The molecule has 0 saturated heterocycles. The molecule has 0 rings (SSSR count). The SMILES string of the molecule is O=N/C(=C\O)C(=O)C(F)(F)F. The van der Waals surface area contributed by atoms with Crippen molar-refractivity contribution in [2.24, 2.45) is 5.18 Å². The Bertz CT molecular complexity index is 207. The van der Waals surface area contributed by atoms with Gasteiger partial charge < -0.3 is 5.11 Å². The molecule has 0 aliphatic rings. The molecule has 0 aromatic heterocycles. The highest BCUT2D eigenvalue weighted by Crippen LogP contribution is 2.20. The Balaban J connectivity index is 4.62. The van der Waals surface area contributed by atoms with Gasteiger partial charge in [-0.05, 0) is 5.18 Å². The lowest BCUT2D eigenvalue weighted by atomic mass is 10.3. The van der Waals surface area contributed by atoms with Crippen LogP contribution in [0.5, 0.6) is 0 Å². The summed E-state index contributed by atoms with van der Waals surface area (Å²) in [4.78, 5) is 19.4. The molecule has 0 amide bonds. The van der Waals surface area contributed by atoms with Crippen molar-refractivity contribution in [3.63, 3.8) is 0 Å². The van der Waals surface area contributed by atoms with Gasteiger partial charge in [-0.1, -0.05) is 0 Å². The second-order valence-corrected chi connectivity index (χ2v) is 1.43. The smallest absolute Gasteiger partial charge is 0.456 e. The van der Waals surface area contributed by atoms with E-state index in [-0.39, 0.29) is 6.26 Å². The number of hydrogen-bond donors (Lipinski definition) is 1. The van der Waals surface area contributed by atoms with Crippen LogP contribution >= 0.6 is 0 Å². The minimum Gasteiger partial charge on any atom is -0.513 e.